The third-order valence-corrected chi connectivity index (χ3v) is 5.75. The minimum atomic E-state index is -1.03. The number of ether oxygens (including phenoxy) is 1. The quantitative estimate of drug-likeness (QED) is 0.232. The molecule has 0 aliphatic carbocycles. The highest BCUT2D eigenvalue weighted by molar-refractivity contribution is 6.07. The van der Waals surface area contributed by atoms with E-state index in [1.807, 2.05) is 67.6 Å². The van der Waals surface area contributed by atoms with E-state index in [4.69, 9.17) is 9.72 Å². The average molecular weight is 438 g/mol. The number of carbonyl (C=O) groups is 2. The van der Waals surface area contributed by atoms with Crippen LogP contribution in [0.3, 0.4) is 0 Å². The Kier molecular flexibility index (Phi) is 6.94. The van der Waals surface area contributed by atoms with Crippen LogP contribution in [0.5, 0.6) is 0 Å². The number of carbonyl (C=O) groups excluding carboxylic acids is 2. The molecule has 0 aliphatic heterocycles. The molecule has 4 rings (SSSR count). The van der Waals surface area contributed by atoms with Crippen molar-refractivity contribution in [2.45, 2.75) is 39.2 Å². The molecular formula is C29H27NO3. The molecule has 1 unspecified atom stereocenters. The minimum absolute atomic E-state index is 0.250. The van der Waals surface area contributed by atoms with E-state index in [1.165, 1.54) is 0 Å². The van der Waals surface area contributed by atoms with Gasteiger partial charge in [0.05, 0.1) is 11.1 Å². The highest BCUT2D eigenvalue weighted by Gasteiger charge is 2.29. The summed E-state index contributed by atoms with van der Waals surface area (Å²) >= 11 is 0. The monoisotopic (exact) mass is 437 g/mol. The van der Waals surface area contributed by atoms with Gasteiger partial charge in [0, 0.05) is 22.2 Å². The van der Waals surface area contributed by atoms with Gasteiger partial charge in [-0.15, -0.1) is 0 Å². The molecule has 0 amide bonds. The van der Waals surface area contributed by atoms with Crippen LogP contribution in [0.25, 0.3) is 10.9 Å². The zero-order valence-electron chi connectivity index (χ0n) is 19.0. The molecule has 0 N–H and O–H groups in total. The SMILES string of the molecule is CCCc1nc2ccccc2c(C(=O)OC(C(=O)c2ccccc2)c2ccccc2)c1CC. The van der Waals surface area contributed by atoms with E-state index in [9.17, 15) is 9.59 Å². The van der Waals surface area contributed by atoms with Gasteiger partial charge in [0.2, 0.25) is 5.78 Å². The first-order valence-electron chi connectivity index (χ1n) is 11.4. The molecule has 33 heavy (non-hydrogen) atoms. The van der Waals surface area contributed by atoms with Gasteiger partial charge in [0.25, 0.3) is 0 Å². The van der Waals surface area contributed by atoms with Crippen LogP contribution < -0.4 is 0 Å². The van der Waals surface area contributed by atoms with Gasteiger partial charge in [-0.1, -0.05) is 99.1 Å². The maximum atomic E-state index is 13.7. The summed E-state index contributed by atoms with van der Waals surface area (Å²) in [4.78, 5) is 31.9. The van der Waals surface area contributed by atoms with Gasteiger partial charge >= 0.3 is 5.97 Å². The number of hydrogen-bond donors (Lipinski definition) is 0. The number of benzene rings is 3. The van der Waals surface area contributed by atoms with E-state index in [-0.39, 0.29) is 5.78 Å². The minimum Gasteiger partial charge on any atom is -0.445 e. The summed E-state index contributed by atoms with van der Waals surface area (Å²) in [5.41, 5.74) is 4.21. The highest BCUT2D eigenvalue weighted by atomic mass is 16.5. The van der Waals surface area contributed by atoms with E-state index >= 15 is 0 Å². The lowest BCUT2D eigenvalue weighted by Gasteiger charge is -2.20. The zero-order valence-corrected chi connectivity index (χ0v) is 19.0. The average Bonchev–Trinajstić information content (AvgIpc) is 2.87. The number of ketones is 1. The smallest absolute Gasteiger partial charge is 0.340 e. The fourth-order valence-corrected chi connectivity index (χ4v) is 4.18. The Morgan fingerprint density at radius 1 is 0.848 bits per heavy atom. The van der Waals surface area contributed by atoms with Gasteiger partial charge in [-0.05, 0) is 24.5 Å². The van der Waals surface area contributed by atoms with Crippen LogP contribution in [0.2, 0.25) is 0 Å². The lowest BCUT2D eigenvalue weighted by molar-refractivity contribution is 0.0280. The van der Waals surface area contributed by atoms with Crippen molar-refractivity contribution in [2.24, 2.45) is 0 Å². The molecule has 3 aromatic carbocycles. The van der Waals surface area contributed by atoms with Crippen molar-refractivity contribution in [3.63, 3.8) is 0 Å². The standard InChI is InChI=1S/C29H27NO3/c1-3-13-24-22(4-2)26(23-18-11-12-19-25(23)30-24)29(32)33-28(21-16-9-6-10-17-21)27(31)20-14-7-5-8-15-20/h5-12,14-19,28H,3-4,13H2,1-2H3. The van der Waals surface area contributed by atoms with Crippen LogP contribution in [-0.4, -0.2) is 16.7 Å². The highest BCUT2D eigenvalue weighted by Crippen LogP contribution is 2.30. The number of para-hydroxylation sites is 1. The third kappa shape index (κ3) is 4.70. The Labute approximate surface area is 194 Å². The number of esters is 1. The Morgan fingerprint density at radius 3 is 2.15 bits per heavy atom. The van der Waals surface area contributed by atoms with Crippen LogP contribution in [0.4, 0.5) is 0 Å². The van der Waals surface area contributed by atoms with E-state index in [2.05, 4.69) is 6.92 Å². The van der Waals surface area contributed by atoms with Crippen LogP contribution in [0.1, 0.15) is 63.9 Å². The second-order valence-corrected chi connectivity index (χ2v) is 7.96. The van der Waals surface area contributed by atoms with Crippen molar-refractivity contribution in [3.8, 4) is 0 Å². The topological polar surface area (TPSA) is 56.3 Å². The van der Waals surface area contributed by atoms with Gasteiger partial charge < -0.3 is 4.74 Å². The molecule has 4 heteroatoms. The number of rotatable bonds is 8. The first kappa shape index (κ1) is 22.4. The fourth-order valence-electron chi connectivity index (χ4n) is 4.18. The van der Waals surface area contributed by atoms with Crippen LogP contribution in [0, 0.1) is 0 Å². The van der Waals surface area contributed by atoms with Gasteiger partial charge in [0.15, 0.2) is 6.10 Å². The fraction of sp³-hybridized carbons (Fsp3) is 0.207. The molecule has 1 atom stereocenters. The van der Waals surface area contributed by atoms with Gasteiger partial charge in [0.1, 0.15) is 0 Å². The number of aryl methyl sites for hydroxylation is 1. The molecule has 0 aliphatic rings. The molecule has 0 saturated heterocycles. The Hall–Kier alpha value is -3.79. The Morgan fingerprint density at radius 2 is 1.48 bits per heavy atom. The van der Waals surface area contributed by atoms with Crippen molar-refractivity contribution in [2.75, 3.05) is 0 Å². The number of aromatic nitrogens is 1. The van der Waals surface area contributed by atoms with Crippen molar-refractivity contribution in [1.82, 2.24) is 4.98 Å². The molecule has 0 saturated carbocycles. The van der Waals surface area contributed by atoms with Crippen molar-refractivity contribution in [1.29, 1.82) is 0 Å². The Bertz CT molecular complexity index is 1270. The molecule has 4 aromatic rings. The predicted molar refractivity (Wildman–Crippen MR) is 130 cm³/mol. The van der Waals surface area contributed by atoms with Crippen molar-refractivity contribution in [3.05, 3.63) is 113 Å². The number of nitrogens with zero attached hydrogens (tertiary/aromatic N) is 1. The van der Waals surface area contributed by atoms with Crippen molar-refractivity contribution < 1.29 is 14.3 Å². The molecule has 1 heterocycles. The van der Waals surface area contributed by atoms with Crippen LogP contribution in [0.15, 0.2) is 84.9 Å². The second-order valence-electron chi connectivity index (χ2n) is 7.96. The number of pyridine rings is 1. The zero-order chi connectivity index (χ0) is 23.2. The first-order chi connectivity index (χ1) is 16.1. The molecular weight excluding hydrogens is 410 g/mol. The third-order valence-electron chi connectivity index (χ3n) is 5.75. The molecule has 0 bridgehead atoms. The number of hydrogen-bond acceptors (Lipinski definition) is 4. The molecule has 4 nitrogen and oxygen atoms in total. The van der Waals surface area contributed by atoms with E-state index in [1.54, 1.807) is 24.3 Å². The second kappa shape index (κ2) is 10.2. The van der Waals surface area contributed by atoms with Crippen LogP contribution in [-0.2, 0) is 17.6 Å². The molecule has 1 aromatic heterocycles. The summed E-state index contributed by atoms with van der Waals surface area (Å²) in [5.74, 6) is -0.749. The summed E-state index contributed by atoms with van der Waals surface area (Å²) in [7, 11) is 0. The summed E-state index contributed by atoms with van der Waals surface area (Å²) in [6, 6.07) is 25.7. The van der Waals surface area contributed by atoms with E-state index in [0.717, 1.165) is 35.0 Å². The summed E-state index contributed by atoms with van der Waals surface area (Å²) in [6.07, 6.45) is 1.32. The predicted octanol–water partition coefficient (Wildman–Crippen LogP) is 6.53. The van der Waals surface area contributed by atoms with Crippen molar-refractivity contribution >= 4 is 22.7 Å². The lowest BCUT2D eigenvalue weighted by Crippen LogP contribution is -2.22. The van der Waals surface area contributed by atoms with E-state index < -0.39 is 12.1 Å². The number of fused-ring (bicyclic) bond motifs is 1. The molecule has 166 valence electrons. The number of Topliss-reactive ketones (excluding diaryl/α,β-unsaturated/α-hetero) is 1. The first-order valence-corrected chi connectivity index (χ1v) is 11.4. The maximum absolute atomic E-state index is 13.7. The van der Waals surface area contributed by atoms with E-state index in [0.29, 0.717) is 23.1 Å². The summed E-state index contributed by atoms with van der Waals surface area (Å²) in [5, 5.41) is 0.748. The molecule has 0 fully saturated rings. The largest absolute Gasteiger partial charge is 0.445 e. The van der Waals surface area contributed by atoms with Gasteiger partial charge in [-0.2, -0.15) is 0 Å². The van der Waals surface area contributed by atoms with Gasteiger partial charge in [-0.25, -0.2) is 4.79 Å². The normalized spacial score (nSPS) is 11.8. The summed E-state index contributed by atoms with van der Waals surface area (Å²) in [6.45, 7) is 4.11. The summed E-state index contributed by atoms with van der Waals surface area (Å²) < 4.78 is 6.01. The van der Waals surface area contributed by atoms with Gasteiger partial charge in [-0.3, -0.25) is 9.78 Å². The maximum Gasteiger partial charge on any atom is 0.340 e. The van der Waals surface area contributed by atoms with Crippen LogP contribution >= 0.6 is 0 Å². The lowest BCUT2D eigenvalue weighted by atomic mass is 9.96. The molecule has 0 spiro atoms. The molecule has 0 radical (unpaired) electrons. The Balaban J connectivity index is 1.81.